The quantitative estimate of drug-likeness (QED) is 0.655. The maximum absolute atomic E-state index is 12.5. The molecule has 1 atom stereocenters. The van der Waals surface area contributed by atoms with Gasteiger partial charge in [0.25, 0.3) is 5.91 Å². The molecule has 1 fully saturated rings. The molecular weight excluding hydrogens is 340 g/mol. The Kier molecular flexibility index (Phi) is 4.85. The Bertz CT molecular complexity index is 906. The summed E-state index contributed by atoms with van der Waals surface area (Å²) in [7, 11) is 0. The molecule has 1 saturated heterocycles. The highest BCUT2D eigenvalue weighted by Crippen LogP contribution is 2.25. The van der Waals surface area contributed by atoms with Crippen LogP contribution in [-0.4, -0.2) is 34.9 Å². The fraction of sp³-hybridized carbons (Fsp3) is 0.389. The minimum Gasteiger partial charge on any atom is -0.422 e. The van der Waals surface area contributed by atoms with Crippen molar-refractivity contribution in [1.82, 2.24) is 10.2 Å². The van der Waals surface area contributed by atoms with Crippen LogP contribution in [0.5, 0.6) is 0 Å². The summed E-state index contributed by atoms with van der Waals surface area (Å²) in [6.07, 6.45) is 2.55. The highest BCUT2D eigenvalue weighted by molar-refractivity contribution is 7.98. The highest BCUT2D eigenvalue weighted by atomic mass is 32.2. The maximum Gasteiger partial charge on any atom is 0.336 e. The molecule has 25 heavy (non-hydrogen) atoms. The number of rotatable bonds is 5. The van der Waals surface area contributed by atoms with Gasteiger partial charge in [-0.3, -0.25) is 9.69 Å². The molecule has 0 aliphatic carbocycles. The Balaban J connectivity index is 1.96. The lowest BCUT2D eigenvalue weighted by Crippen LogP contribution is -2.31. The van der Waals surface area contributed by atoms with E-state index in [4.69, 9.17) is 4.42 Å². The smallest absolute Gasteiger partial charge is 0.336 e. The molecule has 2 aromatic rings. The molecule has 1 aliphatic rings. The molecule has 1 aromatic carbocycles. The number of benzene rings is 1. The molecule has 0 radical (unpaired) electrons. The topological polar surface area (TPSA) is 79.6 Å². The van der Waals surface area contributed by atoms with Gasteiger partial charge in [0.15, 0.2) is 0 Å². The van der Waals surface area contributed by atoms with Crippen molar-refractivity contribution >= 4 is 34.7 Å². The third-order valence-corrected chi connectivity index (χ3v) is 5.21. The third kappa shape index (κ3) is 3.28. The first-order chi connectivity index (χ1) is 11.9. The van der Waals surface area contributed by atoms with Gasteiger partial charge in [-0.2, -0.15) is 11.8 Å². The summed E-state index contributed by atoms with van der Waals surface area (Å²) in [5, 5.41) is 3.46. The van der Waals surface area contributed by atoms with Gasteiger partial charge < -0.3 is 9.73 Å². The maximum atomic E-state index is 12.5. The molecule has 0 spiro atoms. The molecule has 1 aromatic heterocycles. The van der Waals surface area contributed by atoms with Crippen molar-refractivity contribution in [2.24, 2.45) is 0 Å². The fourth-order valence-electron chi connectivity index (χ4n) is 2.98. The summed E-state index contributed by atoms with van der Waals surface area (Å²) >= 11 is 1.63. The summed E-state index contributed by atoms with van der Waals surface area (Å²) < 4.78 is 5.34. The Morgan fingerprint density at radius 2 is 2.00 bits per heavy atom. The number of nitrogens with one attached hydrogen (secondary N) is 1. The van der Waals surface area contributed by atoms with Crippen LogP contribution >= 0.6 is 11.8 Å². The zero-order valence-corrected chi connectivity index (χ0v) is 15.2. The van der Waals surface area contributed by atoms with E-state index in [1.54, 1.807) is 11.8 Å². The molecule has 2 heterocycles. The monoisotopic (exact) mass is 360 g/mol. The molecule has 0 bridgehead atoms. The van der Waals surface area contributed by atoms with E-state index in [9.17, 15) is 14.4 Å². The number of carbonyl (C=O) groups excluding carboxylic acids is 2. The lowest BCUT2D eigenvalue weighted by molar-refractivity contribution is -0.127. The number of amides is 3. The van der Waals surface area contributed by atoms with Crippen molar-refractivity contribution in [3.63, 3.8) is 0 Å². The van der Waals surface area contributed by atoms with Crippen molar-refractivity contribution in [2.45, 2.75) is 32.9 Å². The molecule has 3 rings (SSSR count). The summed E-state index contributed by atoms with van der Waals surface area (Å²) in [6, 6.07) is 4.25. The number of fused-ring (bicyclic) bond motifs is 1. The number of thioether (sulfide) groups is 1. The van der Waals surface area contributed by atoms with E-state index < -0.39 is 17.7 Å². The molecule has 7 heteroatoms. The Labute approximate surface area is 149 Å². The number of imide groups is 1. The Morgan fingerprint density at radius 3 is 2.72 bits per heavy atom. The number of nitrogens with zero attached hydrogens (tertiary/aromatic N) is 1. The second kappa shape index (κ2) is 6.92. The molecule has 1 aliphatic heterocycles. The first-order valence-corrected chi connectivity index (χ1v) is 9.45. The van der Waals surface area contributed by atoms with Gasteiger partial charge in [-0.05, 0) is 49.0 Å². The van der Waals surface area contributed by atoms with Crippen molar-refractivity contribution in [1.29, 1.82) is 0 Å². The van der Waals surface area contributed by atoms with Gasteiger partial charge in [0.05, 0.1) is 6.54 Å². The average molecular weight is 360 g/mol. The van der Waals surface area contributed by atoms with E-state index in [-0.39, 0.29) is 12.5 Å². The lowest BCUT2D eigenvalue weighted by atomic mass is 10.0. The zero-order valence-electron chi connectivity index (χ0n) is 14.4. The predicted molar refractivity (Wildman–Crippen MR) is 97.8 cm³/mol. The van der Waals surface area contributed by atoms with Gasteiger partial charge in [-0.15, -0.1) is 0 Å². The summed E-state index contributed by atoms with van der Waals surface area (Å²) in [6.45, 7) is 3.89. The summed E-state index contributed by atoms with van der Waals surface area (Å²) in [5.74, 6) is 0.546. The van der Waals surface area contributed by atoms with E-state index in [1.807, 2.05) is 32.2 Å². The average Bonchev–Trinajstić information content (AvgIpc) is 2.84. The Morgan fingerprint density at radius 1 is 1.24 bits per heavy atom. The number of hydrogen-bond acceptors (Lipinski definition) is 5. The molecular formula is C18H20N2O4S. The van der Waals surface area contributed by atoms with Gasteiger partial charge in [0.2, 0.25) is 0 Å². The van der Waals surface area contributed by atoms with Crippen molar-refractivity contribution in [2.75, 3.05) is 12.0 Å². The van der Waals surface area contributed by atoms with Crippen LogP contribution in [0, 0.1) is 13.8 Å². The first kappa shape index (κ1) is 17.5. The number of aryl methyl sites for hydroxylation is 2. The van der Waals surface area contributed by atoms with Gasteiger partial charge in [-0.25, -0.2) is 9.59 Å². The van der Waals surface area contributed by atoms with Crippen LogP contribution in [0.15, 0.2) is 27.4 Å². The number of urea groups is 1. The fourth-order valence-corrected chi connectivity index (χ4v) is 3.46. The molecule has 3 amide bonds. The Hall–Kier alpha value is -2.28. The van der Waals surface area contributed by atoms with Gasteiger partial charge in [-0.1, -0.05) is 12.1 Å². The van der Waals surface area contributed by atoms with Gasteiger partial charge >= 0.3 is 11.7 Å². The number of hydrogen-bond donors (Lipinski definition) is 1. The predicted octanol–water partition coefficient (Wildman–Crippen LogP) is 2.58. The lowest BCUT2D eigenvalue weighted by Gasteiger charge is -2.15. The van der Waals surface area contributed by atoms with E-state index in [0.29, 0.717) is 17.6 Å². The normalized spacial score (nSPS) is 17.4. The van der Waals surface area contributed by atoms with Gasteiger partial charge in [0, 0.05) is 11.5 Å². The van der Waals surface area contributed by atoms with Crippen LogP contribution in [0.2, 0.25) is 0 Å². The highest BCUT2D eigenvalue weighted by Gasteiger charge is 2.37. The number of carbonyl (C=O) groups is 2. The largest absolute Gasteiger partial charge is 0.422 e. The van der Waals surface area contributed by atoms with E-state index >= 15 is 0 Å². The van der Waals surface area contributed by atoms with E-state index in [0.717, 1.165) is 22.3 Å². The second-order valence-corrected chi connectivity index (χ2v) is 7.17. The summed E-state index contributed by atoms with van der Waals surface area (Å²) in [4.78, 5) is 37.8. The molecule has 6 nitrogen and oxygen atoms in total. The first-order valence-electron chi connectivity index (χ1n) is 8.06. The van der Waals surface area contributed by atoms with Crippen LogP contribution in [0.4, 0.5) is 4.79 Å². The molecule has 0 unspecified atom stereocenters. The van der Waals surface area contributed by atoms with E-state index in [1.165, 1.54) is 11.0 Å². The van der Waals surface area contributed by atoms with Crippen LogP contribution < -0.4 is 10.9 Å². The van der Waals surface area contributed by atoms with Crippen LogP contribution in [0.25, 0.3) is 11.0 Å². The molecule has 1 N–H and O–H groups in total. The summed E-state index contributed by atoms with van der Waals surface area (Å²) in [5.41, 5.74) is 2.53. The molecule has 0 saturated carbocycles. The van der Waals surface area contributed by atoms with Crippen LogP contribution in [0.3, 0.4) is 0 Å². The SMILES string of the molecule is CSCC[C@H]1NC(=O)N(Cc2cc(=O)oc3c(C)c(C)ccc23)C1=O. The van der Waals surface area contributed by atoms with Crippen LogP contribution in [0.1, 0.15) is 23.1 Å². The minimum atomic E-state index is -0.490. The molecule has 132 valence electrons. The zero-order chi connectivity index (χ0) is 18.1. The van der Waals surface area contributed by atoms with Crippen molar-refractivity contribution in [3.8, 4) is 0 Å². The van der Waals surface area contributed by atoms with Gasteiger partial charge in [0.1, 0.15) is 11.6 Å². The second-order valence-electron chi connectivity index (χ2n) is 6.18. The third-order valence-electron chi connectivity index (χ3n) is 4.56. The standard InChI is InChI=1S/C18H20N2O4S/c1-10-4-5-13-12(8-15(21)24-16(13)11(10)2)9-20-17(22)14(6-7-25-3)19-18(20)23/h4-5,8,14H,6-7,9H2,1-3H3,(H,19,23)/t14-/m1/s1. The van der Waals surface area contributed by atoms with Crippen LogP contribution in [-0.2, 0) is 11.3 Å². The minimum absolute atomic E-state index is 0.0606. The van der Waals surface area contributed by atoms with E-state index in [2.05, 4.69) is 5.32 Å². The van der Waals surface area contributed by atoms with Crippen molar-refractivity contribution < 1.29 is 14.0 Å². The van der Waals surface area contributed by atoms with Crippen molar-refractivity contribution in [3.05, 3.63) is 45.3 Å².